The second-order valence-electron chi connectivity index (χ2n) is 4.18. The lowest BCUT2D eigenvalue weighted by Gasteiger charge is -2.06. The molecular weight excluding hydrogens is 256 g/mol. The zero-order valence-corrected chi connectivity index (χ0v) is 11.0. The molecule has 3 nitrogen and oxygen atoms in total. The van der Waals surface area contributed by atoms with Crippen LogP contribution in [0.25, 0.3) is 0 Å². The number of nitrogens with one attached hydrogen (secondary N) is 1. The molecule has 5 heteroatoms. The Morgan fingerprint density at radius 3 is 2.94 bits per heavy atom. The maximum atomic E-state index is 11.4. The summed E-state index contributed by atoms with van der Waals surface area (Å²) < 4.78 is 0. The molecule has 17 heavy (non-hydrogen) atoms. The topological polar surface area (TPSA) is 55.1 Å². The van der Waals surface area contributed by atoms with Crippen molar-refractivity contribution < 1.29 is 4.79 Å². The van der Waals surface area contributed by atoms with Crippen molar-refractivity contribution in [1.29, 1.82) is 0 Å². The van der Waals surface area contributed by atoms with E-state index in [9.17, 15) is 4.79 Å². The van der Waals surface area contributed by atoms with Crippen molar-refractivity contribution in [1.82, 2.24) is 5.32 Å². The first-order chi connectivity index (χ1) is 8.15. The summed E-state index contributed by atoms with van der Waals surface area (Å²) in [5.41, 5.74) is 7.54. The Hall–Kier alpha value is -0.870. The number of benzene rings is 1. The molecule has 1 aliphatic carbocycles. The highest BCUT2D eigenvalue weighted by atomic mass is 35.5. The number of amides is 1. The van der Waals surface area contributed by atoms with E-state index >= 15 is 0 Å². The summed E-state index contributed by atoms with van der Waals surface area (Å²) in [5, 5.41) is 3.59. The van der Waals surface area contributed by atoms with Crippen LogP contribution in [0.3, 0.4) is 0 Å². The van der Waals surface area contributed by atoms with Crippen LogP contribution < -0.4 is 11.1 Å². The van der Waals surface area contributed by atoms with Crippen molar-refractivity contribution in [2.75, 3.05) is 11.5 Å². The van der Waals surface area contributed by atoms with Crippen molar-refractivity contribution >= 4 is 35.0 Å². The second-order valence-corrected chi connectivity index (χ2v) is 5.60. The van der Waals surface area contributed by atoms with Gasteiger partial charge >= 0.3 is 0 Å². The molecule has 1 aromatic rings. The maximum Gasteiger partial charge on any atom is 0.230 e. The molecule has 0 heterocycles. The Kier molecular flexibility index (Phi) is 4.18. The molecule has 1 aliphatic rings. The van der Waals surface area contributed by atoms with Gasteiger partial charge in [0.15, 0.2) is 0 Å². The van der Waals surface area contributed by atoms with Crippen LogP contribution in [0.1, 0.15) is 18.4 Å². The van der Waals surface area contributed by atoms with Gasteiger partial charge in [0.2, 0.25) is 5.91 Å². The first-order valence-electron chi connectivity index (χ1n) is 5.56. The summed E-state index contributed by atoms with van der Waals surface area (Å²) in [6.45, 7) is 0. The summed E-state index contributed by atoms with van der Waals surface area (Å²) >= 11 is 7.38. The number of carbonyl (C=O) groups is 1. The van der Waals surface area contributed by atoms with Gasteiger partial charge in [-0.25, -0.2) is 0 Å². The molecule has 0 unspecified atom stereocenters. The molecule has 1 fully saturated rings. The smallest absolute Gasteiger partial charge is 0.230 e. The van der Waals surface area contributed by atoms with Gasteiger partial charge in [0, 0.05) is 22.5 Å². The molecule has 3 N–H and O–H groups in total. The van der Waals surface area contributed by atoms with E-state index in [4.69, 9.17) is 17.3 Å². The van der Waals surface area contributed by atoms with E-state index < -0.39 is 0 Å². The van der Waals surface area contributed by atoms with E-state index in [2.05, 4.69) is 5.32 Å². The lowest BCUT2D eigenvalue weighted by molar-refractivity contribution is -0.118. The number of hydrogen-bond donors (Lipinski definition) is 2. The van der Waals surface area contributed by atoms with Crippen LogP contribution in [-0.4, -0.2) is 17.7 Å². The van der Waals surface area contributed by atoms with Crippen LogP contribution in [0.5, 0.6) is 0 Å². The fourth-order valence-electron chi connectivity index (χ4n) is 1.45. The SMILES string of the molecule is Nc1cc(Cl)ccc1CSCC(=O)NC1CC1. The first-order valence-corrected chi connectivity index (χ1v) is 7.09. The van der Waals surface area contributed by atoms with Gasteiger partial charge in [0.25, 0.3) is 0 Å². The maximum absolute atomic E-state index is 11.4. The van der Waals surface area contributed by atoms with Crippen LogP contribution in [0.4, 0.5) is 5.69 Å². The highest BCUT2D eigenvalue weighted by Crippen LogP contribution is 2.23. The van der Waals surface area contributed by atoms with Gasteiger partial charge in [0.1, 0.15) is 0 Å². The third-order valence-corrected chi connectivity index (χ3v) is 3.76. The number of thioether (sulfide) groups is 1. The number of rotatable bonds is 5. The number of nitrogen functional groups attached to an aromatic ring is 1. The third-order valence-electron chi connectivity index (χ3n) is 2.54. The number of anilines is 1. The lowest BCUT2D eigenvalue weighted by Crippen LogP contribution is -2.27. The summed E-state index contributed by atoms with van der Waals surface area (Å²) in [5.74, 6) is 1.34. The van der Waals surface area contributed by atoms with E-state index in [-0.39, 0.29) is 5.91 Å². The van der Waals surface area contributed by atoms with Crippen molar-refractivity contribution in [2.45, 2.75) is 24.6 Å². The molecular formula is C12H15ClN2OS. The van der Waals surface area contributed by atoms with Crippen LogP contribution in [0, 0.1) is 0 Å². The minimum atomic E-state index is 0.116. The predicted octanol–water partition coefficient (Wildman–Crippen LogP) is 2.43. The molecule has 0 radical (unpaired) electrons. The van der Waals surface area contributed by atoms with Gasteiger partial charge < -0.3 is 11.1 Å². The van der Waals surface area contributed by atoms with Gasteiger partial charge in [-0.15, -0.1) is 11.8 Å². The van der Waals surface area contributed by atoms with Gasteiger partial charge in [-0.1, -0.05) is 17.7 Å². The fraction of sp³-hybridized carbons (Fsp3) is 0.417. The minimum absolute atomic E-state index is 0.116. The Bertz CT molecular complexity index is 421. The fourth-order valence-corrected chi connectivity index (χ4v) is 2.48. The zero-order chi connectivity index (χ0) is 12.3. The Labute approximate surface area is 110 Å². The molecule has 0 atom stereocenters. The molecule has 0 spiro atoms. The summed E-state index contributed by atoms with van der Waals surface area (Å²) in [6, 6.07) is 5.90. The van der Waals surface area contributed by atoms with Crippen molar-refractivity contribution in [3.8, 4) is 0 Å². The average Bonchev–Trinajstić information content (AvgIpc) is 3.05. The van der Waals surface area contributed by atoms with E-state index in [0.29, 0.717) is 22.5 Å². The quantitative estimate of drug-likeness (QED) is 0.808. The normalized spacial score (nSPS) is 14.6. The van der Waals surface area contributed by atoms with Gasteiger partial charge in [-0.3, -0.25) is 4.79 Å². The van der Waals surface area contributed by atoms with Crippen LogP contribution in [0.15, 0.2) is 18.2 Å². The molecule has 2 rings (SSSR count). The number of halogens is 1. The molecule has 0 aliphatic heterocycles. The number of carbonyl (C=O) groups excluding carboxylic acids is 1. The van der Waals surface area contributed by atoms with Crippen LogP contribution in [0.2, 0.25) is 5.02 Å². The molecule has 0 saturated heterocycles. The summed E-state index contributed by atoms with van der Waals surface area (Å²) in [4.78, 5) is 11.4. The van der Waals surface area contributed by atoms with Crippen LogP contribution in [-0.2, 0) is 10.5 Å². The Morgan fingerprint density at radius 1 is 1.53 bits per heavy atom. The van der Waals surface area contributed by atoms with Gasteiger partial charge in [-0.2, -0.15) is 0 Å². The first kappa shape index (κ1) is 12.6. The number of hydrogen-bond acceptors (Lipinski definition) is 3. The van der Waals surface area contributed by atoms with E-state index in [1.165, 1.54) is 0 Å². The molecule has 0 aromatic heterocycles. The molecule has 0 bridgehead atoms. The van der Waals surface area contributed by atoms with Crippen molar-refractivity contribution in [2.24, 2.45) is 0 Å². The van der Waals surface area contributed by atoms with E-state index in [1.54, 1.807) is 17.8 Å². The van der Waals surface area contributed by atoms with Crippen LogP contribution >= 0.6 is 23.4 Å². The lowest BCUT2D eigenvalue weighted by atomic mass is 10.2. The predicted molar refractivity (Wildman–Crippen MR) is 73.2 cm³/mol. The minimum Gasteiger partial charge on any atom is -0.398 e. The average molecular weight is 271 g/mol. The van der Waals surface area contributed by atoms with E-state index in [1.807, 2.05) is 12.1 Å². The summed E-state index contributed by atoms with van der Waals surface area (Å²) in [6.07, 6.45) is 2.25. The van der Waals surface area contributed by atoms with Crippen molar-refractivity contribution in [3.63, 3.8) is 0 Å². The molecule has 92 valence electrons. The highest BCUT2D eigenvalue weighted by molar-refractivity contribution is 7.99. The molecule has 1 aromatic carbocycles. The van der Waals surface area contributed by atoms with Gasteiger partial charge in [-0.05, 0) is 30.5 Å². The second kappa shape index (κ2) is 5.65. The largest absolute Gasteiger partial charge is 0.398 e. The summed E-state index contributed by atoms with van der Waals surface area (Å²) in [7, 11) is 0. The zero-order valence-electron chi connectivity index (χ0n) is 9.41. The standard InChI is InChI=1S/C12H15ClN2OS/c13-9-2-1-8(11(14)5-9)6-17-7-12(16)15-10-3-4-10/h1-2,5,10H,3-4,6-7,14H2,(H,15,16). The van der Waals surface area contributed by atoms with Gasteiger partial charge in [0.05, 0.1) is 5.75 Å². The molecule has 1 saturated carbocycles. The van der Waals surface area contributed by atoms with E-state index in [0.717, 1.165) is 24.2 Å². The Balaban J connectivity index is 1.75. The number of nitrogens with two attached hydrogens (primary N) is 1. The third kappa shape index (κ3) is 4.13. The monoisotopic (exact) mass is 270 g/mol. The molecule has 1 amide bonds. The highest BCUT2D eigenvalue weighted by Gasteiger charge is 2.22. The Morgan fingerprint density at radius 2 is 2.29 bits per heavy atom. The van der Waals surface area contributed by atoms with Crippen molar-refractivity contribution in [3.05, 3.63) is 28.8 Å².